The van der Waals surface area contributed by atoms with Crippen molar-refractivity contribution in [1.82, 2.24) is 15.2 Å². The van der Waals surface area contributed by atoms with Crippen LogP contribution in [0.1, 0.15) is 48.4 Å². The Morgan fingerprint density at radius 3 is 2.47 bits per heavy atom. The number of hydrazone groups is 1. The topological polar surface area (TPSA) is 167 Å². The fourth-order valence-electron chi connectivity index (χ4n) is 3.32. The first-order chi connectivity index (χ1) is 14.8. The molecule has 0 bridgehead atoms. The van der Waals surface area contributed by atoms with Crippen LogP contribution in [0.3, 0.4) is 0 Å². The number of nitrogens with two attached hydrogens (primary N) is 1. The average Bonchev–Trinajstić information content (AvgIpc) is 3.24. The normalized spacial score (nSPS) is 21.2. The van der Waals surface area contributed by atoms with E-state index in [0.717, 1.165) is 17.5 Å². The number of nitrogens with zero attached hydrogens (tertiary/aromatic N) is 6. The number of rotatable bonds is 6. The predicted molar refractivity (Wildman–Crippen MR) is 120 cm³/mol. The van der Waals surface area contributed by atoms with E-state index < -0.39 is 23.6 Å². The number of aromatic nitrogens is 2. The van der Waals surface area contributed by atoms with Gasteiger partial charge in [-0.15, -0.1) is 15.3 Å². The Kier molecular flexibility index (Phi) is 6.36. The minimum Gasteiger partial charge on any atom is -0.478 e. The molecule has 11 nitrogen and oxygen atoms in total. The fourth-order valence-corrected chi connectivity index (χ4v) is 5.00. The van der Waals surface area contributed by atoms with Crippen molar-refractivity contribution in [3.63, 3.8) is 0 Å². The quantitative estimate of drug-likeness (QED) is 0.527. The number of aromatic carboxylic acids is 2. The van der Waals surface area contributed by atoms with Gasteiger partial charge in [-0.05, 0) is 25.1 Å². The summed E-state index contributed by atoms with van der Waals surface area (Å²) in [6.45, 7) is 7.98. The van der Waals surface area contributed by atoms with Gasteiger partial charge in [0.25, 0.3) is 5.13 Å². The van der Waals surface area contributed by atoms with Gasteiger partial charge in [0.2, 0.25) is 0 Å². The average molecular weight is 478 g/mol. The van der Waals surface area contributed by atoms with Crippen molar-refractivity contribution in [2.75, 3.05) is 7.05 Å². The van der Waals surface area contributed by atoms with Gasteiger partial charge in [-0.25, -0.2) is 9.59 Å². The Morgan fingerprint density at radius 1 is 1.22 bits per heavy atom. The summed E-state index contributed by atoms with van der Waals surface area (Å²) in [5.74, 6) is -2.63. The molecule has 2 heterocycles. The van der Waals surface area contributed by atoms with E-state index in [0.29, 0.717) is 14.4 Å². The van der Waals surface area contributed by atoms with E-state index in [2.05, 4.69) is 25.5 Å². The first-order valence-corrected chi connectivity index (χ1v) is 11.1. The molecule has 0 saturated heterocycles. The highest BCUT2D eigenvalue weighted by Crippen LogP contribution is 2.38. The molecule has 2 unspecified atom stereocenters. The molecule has 13 heteroatoms. The van der Waals surface area contributed by atoms with Crippen molar-refractivity contribution < 1.29 is 19.8 Å². The number of benzene rings is 1. The van der Waals surface area contributed by atoms with E-state index in [9.17, 15) is 14.7 Å². The lowest BCUT2D eigenvalue weighted by Gasteiger charge is -2.31. The Balaban J connectivity index is 1.82. The summed E-state index contributed by atoms with van der Waals surface area (Å²) in [5.41, 5.74) is 5.45. The monoisotopic (exact) mass is 477 g/mol. The molecule has 1 aromatic heterocycles. The summed E-state index contributed by atoms with van der Waals surface area (Å²) in [6.07, 6.45) is -0.482. The maximum absolute atomic E-state index is 11.4. The van der Waals surface area contributed by atoms with Gasteiger partial charge >= 0.3 is 11.9 Å². The third-order valence-electron chi connectivity index (χ3n) is 4.82. The lowest BCUT2D eigenvalue weighted by molar-refractivity contribution is 0.0651. The number of carboxylic acid groups (broad SMARTS) is 2. The zero-order valence-electron chi connectivity index (χ0n) is 18.1. The van der Waals surface area contributed by atoms with Gasteiger partial charge in [-0.3, -0.25) is 5.01 Å². The molecular formula is C19H23N7O4S2. The van der Waals surface area contributed by atoms with Gasteiger partial charge in [0.15, 0.2) is 9.88 Å². The molecule has 1 aliphatic heterocycles. The predicted octanol–water partition coefficient (Wildman–Crippen LogP) is 3.56. The van der Waals surface area contributed by atoms with Crippen molar-refractivity contribution in [3.8, 4) is 0 Å². The molecule has 0 amide bonds. The lowest BCUT2D eigenvalue weighted by Crippen LogP contribution is -2.53. The second-order valence-electron chi connectivity index (χ2n) is 8.33. The van der Waals surface area contributed by atoms with E-state index in [1.165, 1.54) is 29.5 Å². The molecule has 32 heavy (non-hydrogen) atoms. The lowest BCUT2D eigenvalue weighted by atomic mass is 9.78. The molecule has 2 atom stereocenters. The van der Waals surface area contributed by atoms with Gasteiger partial charge in [0.05, 0.1) is 16.8 Å². The van der Waals surface area contributed by atoms with Crippen LogP contribution in [0.15, 0.2) is 42.8 Å². The second-order valence-corrected chi connectivity index (χ2v) is 10.6. The van der Waals surface area contributed by atoms with Crippen LogP contribution in [0.5, 0.6) is 0 Å². The summed E-state index contributed by atoms with van der Waals surface area (Å²) in [6, 6.07) is 4.06. The smallest absolute Gasteiger partial charge is 0.336 e. The second kappa shape index (κ2) is 8.56. The summed E-state index contributed by atoms with van der Waals surface area (Å²) < 4.78 is 0.501. The van der Waals surface area contributed by atoms with E-state index in [4.69, 9.17) is 10.8 Å². The molecule has 1 aromatic carbocycles. The maximum atomic E-state index is 11.4. The molecule has 1 aliphatic rings. The number of hydrogen-bond acceptors (Lipinski definition) is 11. The molecule has 170 valence electrons. The van der Waals surface area contributed by atoms with E-state index >= 15 is 0 Å². The van der Waals surface area contributed by atoms with Crippen LogP contribution in [0.4, 0.5) is 5.13 Å². The molecule has 0 saturated carbocycles. The molecule has 2 aromatic rings. The number of carbonyl (C=O) groups is 2. The van der Waals surface area contributed by atoms with E-state index in [1.54, 1.807) is 12.1 Å². The standard InChI is InChI=1S/C19H23N7O4S2/c1-18(2,3)14-19(4,15(20)26(5)24-14)25-22-16-21-23-17(32-16)31-9-6-7-10(12(27)28)11(8-9)13(29)30/h6-8,15H,20H2,1-5H3,(H,27,28)(H,29,30). The van der Waals surface area contributed by atoms with Gasteiger partial charge in [-0.2, -0.15) is 10.2 Å². The highest BCUT2D eigenvalue weighted by atomic mass is 32.2. The minimum atomic E-state index is -1.32. The third-order valence-corrected chi connectivity index (χ3v) is 6.67. The molecule has 0 radical (unpaired) electrons. The number of likely N-dealkylation sites (N-methyl/N-ethyl adjacent to an activating group) is 1. The zero-order chi connectivity index (χ0) is 23.8. The van der Waals surface area contributed by atoms with E-state index in [-0.39, 0.29) is 16.5 Å². The summed E-state index contributed by atoms with van der Waals surface area (Å²) in [4.78, 5) is 23.1. The van der Waals surface area contributed by atoms with Gasteiger partial charge < -0.3 is 15.9 Å². The summed E-state index contributed by atoms with van der Waals surface area (Å²) >= 11 is 2.32. The Bertz CT molecular complexity index is 1130. The summed E-state index contributed by atoms with van der Waals surface area (Å²) in [5, 5.41) is 41.8. The number of carboxylic acids is 2. The fraction of sp³-hybridized carbons (Fsp3) is 0.421. The van der Waals surface area contributed by atoms with Crippen molar-refractivity contribution in [3.05, 3.63) is 29.3 Å². The molecule has 3 rings (SSSR count). The first-order valence-electron chi connectivity index (χ1n) is 9.46. The van der Waals surface area contributed by atoms with Gasteiger partial charge in [0, 0.05) is 17.4 Å². The van der Waals surface area contributed by atoms with Crippen LogP contribution < -0.4 is 5.73 Å². The highest BCUT2D eigenvalue weighted by Gasteiger charge is 2.49. The maximum Gasteiger partial charge on any atom is 0.336 e. The van der Waals surface area contributed by atoms with Crippen molar-refractivity contribution in [1.29, 1.82) is 0 Å². The molecule has 4 N–H and O–H groups in total. The molecule has 0 fully saturated rings. The molecule has 0 spiro atoms. The Labute approximate surface area is 192 Å². The first kappa shape index (κ1) is 23.8. The summed E-state index contributed by atoms with van der Waals surface area (Å²) in [7, 11) is 1.79. The van der Waals surface area contributed by atoms with Crippen LogP contribution in [0, 0.1) is 5.41 Å². The molecule has 0 aliphatic carbocycles. The Morgan fingerprint density at radius 2 is 1.88 bits per heavy atom. The highest BCUT2D eigenvalue weighted by molar-refractivity contribution is 8.01. The van der Waals surface area contributed by atoms with Crippen LogP contribution in [0.25, 0.3) is 0 Å². The van der Waals surface area contributed by atoms with Crippen molar-refractivity contribution >= 4 is 45.9 Å². The van der Waals surface area contributed by atoms with E-state index in [1.807, 2.05) is 27.7 Å². The molecular weight excluding hydrogens is 454 g/mol. The van der Waals surface area contributed by atoms with Crippen LogP contribution in [-0.2, 0) is 0 Å². The van der Waals surface area contributed by atoms with Crippen molar-refractivity contribution in [2.45, 2.75) is 48.6 Å². The minimum absolute atomic E-state index is 0.262. The zero-order valence-corrected chi connectivity index (χ0v) is 19.7. The van der Waals surface area contributed by atoms with Crippen LogP contribution in [0.2, 0.25) is 0 Å². The van der Waals surface area contributed by atoms with Crippen LogP contribution >= 0.6 is 23.1 Å². The number of hydrogen-bond donors (Lipinski definition) is 3. The van der Waals surface area contributed by atoms with Crippen molar-refractivity contribution in [2.24, 2.45) is 26.5 Å². The Hall–Kier alpha value is -2.90. The number of azo groups is 1. The van der Waals surface area contributed by atoms with Gasteiger partial charge in [-0.1, -0.05) is 43.9 Å². The van der Waals surface area contributed by atoms with Crippen LogP contribution in [-0.4, -0.2) is 61.8 Å². The third kappa shape index (κ3) is 4.64. The van der Waals surface area contributed by atoms with Gasteiger partial charge in [0.1, 0.15) is 6.17 Å². The SMILES string of the molecule is CN1N=C(C(C)(C)C)C(C)(N=Nc2nnc(Sc3ccc(C(=O)O)c(C(=O)O)c3)s2)C1N. The largest absolute Gasteiger partial charge is 0.478 e.